The van der Waals surface area contributed by atoms with E-state index in [1.807, 2.05) is 13.0 Å². The van der Waals surface area contributed by atoms with Gasteiger partial charge in [-0.2, -0.15) is 0 Å². The Morgan fingerprint density at radius 2 is 1.68 bits per heavy atom. The van der Waals surface area contributed by atoms with E-state index < -0.39 is 11.6 Å². The Hall–Kier alpha value is -2.84. The van der Waals surface area contributed by atoms with Crippen LogP contribution in [0.15, 0.2) is 36.4 Å². The number of piperidine rings is 1. The van der Waals surface area contributed by atoms with Gasteiger partial charge in [-0.15, -0.1) is 0 Å². The third-order valence-corrected chi connectivity index (χ3v) is 7.26. The third kappa shape index (κ3) is 4.70. The Morgan fingerprint density at radius 3 is 2.29 bits per heavy atom. The second-order valence-electron chi connectivity index (χ2n) is 9.00. The van der Waals surface area contributed by atoms with Crippen molar-refractivity contribution in [2.24, 2.45) is 5.92 Å². The number of urea groups is 1. The largest absolute Gasteiger partial charge is 0.493 e. The topological polar surface area (TPSA) is 71.1 Å². The van der Waals surface area contributed by atoms with E-state index in [1.165, 1.54) is 17.0 Å². The molecule has 4 rings (SSSR count). The molecule has 1 unspecified atom stereocenters. The fourth-order valence-electron chi connectivity index (χ4n) is 4.84. The third-order valence-electron chi connectivity index (χ3n) is 6.91. The highest BCUT2D eigenvalue weighted by Gasteiger charge is 2.52. The number of nitrogens with zero attached hydrogens (tertiary/aromatic N) is 2. The summed E-state index contributed by atoms with van der Waals surface area (Å²) in [7, 11) is 3.16. The van der Waals surface area contributed by atoms with Gasteiger partial charge in [0.1, 0.15) is 11.4 Å². The summed E-state index contributed by atoms with van der Waals surface area (Å²) in [5, 5.41) is 3.54. The Morgan fingerprint density at radius 1 is 1.06 bits per heavy atom. The minimum Gasteiger partial charge on any atom is -0.493 e. The molecule has 0 aromatic heterocycles. The lowest BCUT2D eigenvalue weighted by Crippen LogP contribution is -2.53. The number of rotatable bonds is 7. The van der Waals surface area contributed by atoms with Gasteiger partial charge in [0.25, 0.3) is 5.91 Å². The molecule has 2 aliphatic heterocycles. The van der Waals surface area contributed by atoms with Crippen molar-refractivity contribution in [3.63, 3.8) is 0 Å². The predicted molar refractivity (Wildman–Crippen MR) is 126 cm³/mol. The molecular weight excluding hydrogens is 461 g/mol. The molecule has 182 valence electrons. The molecule has 0 radical (unpaired) electrons. The second-order valence-corrected chi connectivity index (χ2v) is 9.41. The number of hydrogen-bond acceptors (Lipinski definition) is 5. The van der Waals surface area contributed by atoms with Gasteiger partial charge in [-0.1, -0.05) is 23.7 Å². The predicted octanol–water partition coefficient (Wildman–Crippen LogP) is 4.22. The average Bonchev–Trinajstić information content (AvgIpc) is 3.05. The van der Waals surface area contributed by atoms with E-state index >= 15 is 0 Å². The summed E-state index contributed by atoms with van der Waals surface area (Å²) in [6.45, 7) is 4.12. The zero-order chi connectivity index (χ0) is 24.5. The van der Waals surface area contributed by atoms with Gasteiger partial charge in [-0.3, -0.25) is 14.6 Å². The van der Waals surface area contributed by atoms with Gasteiger partial charge in [-0.25, -0.2) is 9.18 Å². The van der Waals surface area contributed by atoms with Crippen LogP contribution in [0.5, 0.6) is 11.5 Å². The number of carbonyl (C=O) groups is 2. The normalized spacial score (nSPS) is 21.6. The van der Waals surface area contributed by atoms with Gasteiger partial charge in [0.15, 0.2) is 11.5 Å². The second kappa shape index (κ2) is 9.80. The smallest absolute Gasteiger partial charge is 0.325 e. The van der Waals surface area contributed by atoms with Crippen molar-refractivity contribution >= 4 is 23.5 Å². The van der Waals surface area contributed by atoms with Crippen LogP contribution in [-0.4, -0.2) is 54.6 Å². The first kappa shape index (κ1) is 24.3. The number of amides is 3. The lowest BCUT2D eigenvalue weighted by atomic mass is 9.79. The molecule has 2 fully saturated rings. The van der Waals surface area contributed by atoms with E-state index in [0.29, 0.717) is 28.6 Å². The summed E-state index contributed by atoms with van der Waals surface area (Å²) >= 11 is 6.46. The van der Waals surface area contributed by atoms with Gasteiger partial charge < -0.3 is 14.8 Å². The standard InChI is InChI=1S/C25H29ClFN3O4/c1-25(23(31)30(24(32)28-25)14-16-4-6-19(27)7-5-16)18-8-10-29(11-9-18)15-17-12-21(33-2)22(34-3)13-20(17)26/h4-7,12-13,18H,8-11,14-15H2,1-3H3,(H,28,32). The van der Waals surface area contributed by atoms with Crippen molar-refractivity contribution in [2.45, 2.75) is 38.4 Å². The molecular formula is C25H29ClFN3O4. The SMILES string of the molecule is COc1cc(Cl)c(CN2CCC(C3(C)NC(=O)N(Cc4ccc(F)cc4)C3=O)CC2)cc1OC. The highest BCUT2D eigenvalue weighted by molar-refractivity contribution is 6.31. The molecule has 1 N–H and O–H groups in total. The Labute approximate surface area is 203 Å². The van der Waals surface area contributed by atoms with E-state index in [0.717, 1.165) is 31.5 Å². The average molecular weight is 490 g/mol. The van der Waals surface area contributed by atoms with Crippen LogP contribution >= 0.6 is 11.6 Å². The Bertz CT molecular complexity index is 1070. The number of likely N-dealkylation sites (tertiary alicyclic amines) is 1. The molecule has 3 amide bonds. The van der Waals surface area contributed by atoms with Crippen LogP contribution in [0, 0.1) is 11.7 Å². The van der Waals surface area contributed by atoms with E-state index in [1.54, 1.807) is 32.4 Å². The number of imide groups is 1. The molecule has 9 heteroatoms. The maximum atomic E-state index is 13.3. The fourth-order valence-corrected chi connectivity index (χ4v) is 5.05. The van der Waals surface area contributed by atoms with Gasteiger partial charge in [-0.05, 0) is 68.1 Å². The molecule has 0 bridgehead atoms. The molecule has 0 aliphatic carbocycles. The van der Waals surface area contributed by atoms with Crippen LogP contribution in [-0.2, 0) is 17.9 Å². The van der Waals surface area contributed by atoms with E-state index in [2.05, 4.69) is 10.2 Å². The maximum absolute atomic E-state index is 13.3. The van der Waals surface area contributed by atoms with Crippen LogP contribution in [0.2, 0.25) is 5.02 Å². The Kier molecular flexibility index (Phi) is 7.00. The molecule has 2 aromatic rings. The number of nitrogens with one attached hydrogen (secondary N) is 1. The number of ether oxygens (including phenoxy) is 2. The van der Waals surface area contributed by atoms with E-state index in [4.69, 9.17) is 21.1 Å². The fraction of sp³-hybridized carbons (Fsp3) is 0.440. The summed E-state index contributed by atoms with van der Waals surface area (Å²) in [6.07, 6.45) is 1.52. The zero-order valence-corrected chi connectivity index (χ0v) is 20.3. The number of hydrogen-bond donors (Lipinski definition) is 1. The molecule has 2 aliphatic rings. The van der Waals surface area contributed by atoms with Gasteiger partial charge in [0.05, 0.1) is 20.8 Å². The van der Waals surface area contributed by atoms with Crippen molar-refractivity contribution < 1.29 is 23.5 Å². The summed E-state index contributed by atoms with van der Waals surface area (Å²) in [6, 6.07) is 9.07. The summed E-state index contributed by atoms with van der Waals surface area (Å²) < 4.78 is 23.9. The summed E-state index contributed by atoms with van der Waals surface area (Å²) in [4.78, 5) is 29.4. The van der Waals surface area contributed by atoms with Gasteiger partial charge >= 0.3 is 6.03 Å². The number of carbonyl (C=O) groups excluding carboxylic acids is 2. The molecule has 0 spiro atoms. The van der Waals surface area contributed by atoms with Crippen LogP contribution in [0.3, 0.4) is 0 Å². The van der Waals surface area contributed by atoms with E-state index in [9.17, 15) is 14.0 Å². The molecule has 34 heavy (non-hydrogen) atoms. The first-order chi connectivity index (χ1) is 16.2. The van der Waals surface area contributed by atoms with Gasteiger partial charge in [0, 0.05) is 17.6 Å². The highest BCUT2D eigenvalue weighted by atomic mass is 35.5. The molecule has 2 saturated heterocycles. The highest BCUT2D eigenvalue weighted by Crippen LogP contribution is 2.36. The minimum atomic E-state index is -0.954. The quantitative estimate of drug-likeness (QED) is 0.590. The minimum absolute atomic E-state index is 0.0132. The number of benzene rings is 2. The zero-order valence-electron chi connectivity index (χ0n) is 19.6. The van der Waals surface area contributed by atoms with Crippen molar-refractivity contribution in [1.82, 2.24) is 15.1 Å². The number of halogens is 2. The maximum Gasteiger partial charge on any atom is 0.325 e. The van der Waals surface area contributed by atoms with Gasteiger partial charge in [0.2, 0.25) is 0 Å². The molecule has 2 aromatic carbocycles. The number of methoxy groups -OCH3 is 2. The van der Waals surface area contributed by atoms with Crippen LogP contribution in [0.1, 0.15) is 30.9 Å². The first-order valence-electron chi connectivity index (χ1n) is 11.3. The van der Waals surface area contributed by atoms with Crippen molar-refractivity contribution in [2.75, 3.05) is 27.3 Å². The summed E-state index contributed by atoms with van der Waals surface area (Å²) in [5.41, 5.74) is 0.694. The molecule has 0 saturated carbocycles. The monoisotopic (exact) mass is 489 g/mol. The van der Waals surface area contributed by atoms with Crippen molar-refractivity contribution in [1.29, 1.82) is 0 Å². The van der Waals surface area contributed by atoms with Crippen LogP contribution in [0.25, 0.3) is 0 Å². The first-order valence-corrected chi connectivity index (χ1v) is 11.6. The lowest BCUT2D eigenvalue weighted by Gasteiger charge is -2.39. The van der Waals surface area contributed by atoms with Crippen LogP contribution < -0.4 is 14.8 Å². The molecule has 1 atom stereocenters. The van der Waals surface area contributed by atoms with Crippen molar-refractivity contribution in [3.8, 4) is 11.5 Å². The molecule has 2 heterocycles. The lowest BCUT2D eigenvalue weighted by molar-refractivity contribution is -0.133. The van der Waals surface area contributed by atoms with Crippen molar-refractivity contribution in [3.05, 3.63) is 58.4 Å². The van der Waals surface area contributed by atoms with E-state index in [-0.39, 0.29) is 24.2 Å². The molecule has 7 nitrogen and oxygen atoms in total. The van der Waals surface area contributed by atoms with Crippen LogP contribution in [0.4, 0.5) is 9.18 Å². The Balaban J connectivity index is 1.39. The summed E-state index contributed by atoms with van der Waals surface area (Å²) in [5.74, 6) is 0.641.